The second kappa shape index (κ2) is 7.23. The van der Waals surface area contributed by atoms with Gasteiger partial charge < -0.3 is 20.8 Å². The molecule has 24 heavy (non-hydrogen) atoms. The van der Waals surface area contributed by atoms with E-state index in [2.05, 4.69) is 10.6 Å². The predicted octanol–water partition coefficient (Wildman–Crippen LogP) is 2.28. The van der Waals surface area contributed by atoms with Crippen LogP contribution in [0.3, 0.4) is 0 Å². The van der Waals surface area contributed by atoms with Gasteiger partial charge in [-0.3, -0.25) is 9.59 Å². The Balaban J connectivity index is 2.37. The van der Waals surface area contributed by atoms with Crippen LogP contribution in [0, 0.1) is 6.92 Å². The van der Waals surface area contributed by atoms with E-state index in [1.54, 1.807) is 12.1 Å². The summed E-state index contributed by atoms with van der Waals surface area (Å²) in [6.45, 7) is 1.83. The third-order valence-electron chi connectivity index (χ3n) is 3.59. The van der Waals surface area contributed by atoms with Gasteiger partial charge in [-0.05, 0) is 24.1 Å². The van der Waals surface area contributed by atoms with Gasteiger partial charge in [-0.25, -0.2) is 0 Å². The molecule has 0 aliphatic carbocycles. The van der Waals surface area contributed by atoms with Crippen LogP contribution in [-0.4, -0.2) is 29.1 Å². The largest absolute Gasteiger partial charge is 0.507 e. The summed E-state index contributed by atoms with van der Waals surface area (Å²) in [6, 6.07) is 8.33. The second-order valence-corrected chi connectivity index (χ2v) is 5.61. The molecule has 4 N–H and O–H groups in total. The fourth-order valence-corrected chi connectivity index (χ4v) is 2.44. The van der Waals surface area contributed by atoms with Crippen LogP contribution in [0.1, 0.15) is 27.5 Å². The van der Waals surface area contributed by atoms with Crippen LogP contribution in [0.2, 0.25) is 5.02 Å². The summed E-state index contributed by atoms with van der Waals surface area (Å²) in [4.78, 5) is 24.6. The maximum atomic E-state index is 12.5. The maximum absolute atomic E-state index is 12.5. The van der Waals surface area contributed by atoms with E-state index in [4.69, 9.17) is 11.6 Å². The van der Waals surface area contributed by atoms with Gasteiger partial charge in [0.15, 0.2) is 0 Å². The highest BCUT2D eigenvalue weighted by atomic mass is 35.5. The van der Waals surface area contributed by atoms with Crippen LogP contribution in [-0.2, 0) is 4.79 Å². The number of likely N-dealkylation sites (N-methyl/N-ethyl adjacent to an activating group) is 1. The Morgan fingerprint density at radius 2 is 1.79 bits per heavy atom. The normalized spacial score (nSPS) is 11.6. The topological polar surface area (TPSA) is 98.7 Å². The van der Waals surface area contributed by atoms with Crippen LogP contribution in [0.25, 0.3) is 0 Å². The zero-order valence-corrected chi connectivity index (χ0v) is 13.9. The van der Waals surface area contributed by atoms with Crippen LogP contribution in [0.5, 0.6) is 11.5 Å². The first-order valence-corrected chi connectivity index (χ1v) is 7.52. The monoisotopic (exact) mass is 348 g/mol. The van der Waals surface area contributed by atoms with Crippen molar-refractivity contribution in [1.82, 2.24) is 10.6 Å². The van der Waals surface area contributed by atoms with E-state index in [0.29, 0.717) is 5.56 Å². The molecular weight excluding hydrogens is 332 g/mol. The standard InChI is InChI=1S/C17H17ClN2O4/c1-9-5-3-4-6-10(9)15(17(24)19-2)20-16(23)11-7-12(18)14(22)8-13(11)21/h3-8,15,21-22H,1-2H3,(H,19,24)(H,20,23). The summed E-state index contributed by atoms with van der Waals surface area (Å²) in [5.74, 6) is -1.87. The van der Waals surface area contributed by atoms with Gasteiger partial charge in [-0.1, -0.05) is 35.9 Å². The van der Waals surface area contributed by atoms with Gasteiger partial charge in [0, 0.05) is 13.1 Å². The first kappa shape index (κ1) is 17.6. The van der Waals surface area contributed by atoms with Gasteiger partial charge in [0.2, 0.25) is 5.91 Å². The van der Waals surface area contributed by atoms with E-state index < -0.39 is 23.6 Å². The SMILES string of the molecule is CNC(=O)C(NC(=O)c1cc(Cl)c(O)cc1O)c1ccccc1C. The number of amides is 2. The van der Waals surface area contributed by atoms with Crippen molar-refractivity contribution in [1.29, 1.82) is 0 Å². The summed E-state index contributed by atoms with van der Waals surface area (Å²) in [6.07, 6.45) is 0. The number of hydrogen-bond donors (Lipinski definition) is 4. The Kier molecular flexibility index (Phi) is 5.31. The first-order chi connectivity index (χ1) is 11.3. The van der Waals surface area contributed by atoms with Crippen molar-refractivity contribution in [3.63, 3.8) is 0 Å². The zero-order chi connectivity index (χ0) is 17.9. The fraction of sp³-hybridized carbons (Fsp3) is 0.176. The number of carbonyl (C=O) groups is 2. The number of aromatic hydroxyl groups is 2. The molecule has 6 nitrogen and oxygen atoms in total. The van der Waals surface area contributed by atoms with Crippen LogP contribution >= 0.6 is 11.6 Å². The molecule has 2 rings (SSSR count). The van der Waals surface area contributed by atoms with Gasteiger partial charge in [-0.2, -0.15) is 0 Å². The van der Waals surface area contributed by atoms with Crippen molar-refractivity contribution in [2.75, 3.05) is 7.05 Å². The molecule has 0 heterocycles. The summed E-state index contributed by atoms with van der Waals surface area (Å²) in [5, 5.41) is 24.3. The third kappa shape index (κ3) is 3.60. The minimum Gasteiger partial charge on any atom is -0.507 e. The van der Waals surface area contributed by atoms with E-state index in [9.17, 15) is 19.8 Å². The van der Waals surface area contributed by atoms with E-state index >= 15 is 0 Å². The number of rotatable bonds is 4. The smallest absolute Gasteiger partial charge is 0.255 e. The number of carbonyl (C=O) groups excluding carboxylic acids is 2. The quantitative estimate of drug-likeness (QED) is 0.681. The van der Waals surface area contributed by atoms with Crippen molar-refractivity contribution in [3.05, 3.63) is 58.1 Å². The van der Waals surface area contributed by atoms with Crippen molar-refractivity contribution >= 4 is 23.4 Å². The molecule has 2 amide bonds. The highest BCUT2D eigenvalue weighted by Gasteiger charge is 2.25. The van der Waals surface area contributed by atoms with Gasteiger partial charge in [0.1, 0.15) is 17.5 Å². The van der Waals surface area contributed by atoms with Crippen LogP contribution in [0.4, 0.5) is 0 Å². The molecule has 2 aromatic rings. The lowest BCUT2D eigenvalue weighted by Gasteiger charge is -2.20. The molecule has 0 saturated carbocycles. The van der Waals surface area contributed by atoms with Crippen molar-refractivity contribution in [2.24, 2.45) is 0 Å². The molecule has 2 aromatic carbocycles. The molecule has 7 heteroatoms. The number of benzene rings is 2. The van der Waals surface area contributed by atoms with Gasteiger partial charge in [-0.15, -0.1) is 0 Å². The molecule has 0 aromatic heterocycles. The van der Waals surface area contributed by atoms with E-state index in [1.165, 1.54) is 7.05 Å². The molecule has 1 unspecified atom stereocenters. The summed E-state index contributed by atoms with van der Waals surface area (Å²) < 4.78 is 0. The lowest BCUT2D eigenvalue weighted by atomic mass is 10.00. The van der Waals surface area contributed by atoms with E-state index in [1.807, 2.05) is 19.1 Å². The number of aryl methyl sites for hydroxylation is 1. The van der Waals surface area contributed by atoms with Gasteiger partial charge in [0.05, 0.1) is 10.6 Å². The number of halogens is 1. The Hall–Kier alpha value is -2.73. The maximum Gasteiger partial charge on any atom is 0.255 e. The van der Waals surface area contributed by atoms with Gasteiger partial charge in [0.25, 0.3) is 5.91 Å². The molecule has 0 fully saturated rings. The summed E-state index contributed by atoms with van der Waals surface area (Å²) in [7, 11) is 1.47. The average Bonchev–Trinajstić information content (AvgIpc) is 2.55. The molecule has 1 atom stereocenters. The number of hydrogen-bond acceptors (Lipinski definition) is 4. The van der Waals surface area contributed by atoms with Crippen LogP contribution < -0.4 is 10.6 Å². The molecule has 0 aliphatic rings. The lowest BCUT2D eigenvalue weighted by molar-refractivity contribution is -0.122. The fourth-order valence-electron chi connectivity index (χ4n) is 2.28. The Bertz CT molecular complexity index is 792. The molecule has 0 radical (unpaired) electrons. The zero-order valence-electron chi connectivity index (χ0n) is 13.1. The third-order valence-corrected chi connectivity index (χ3v) is 3.90. The first-order valence-electron chi connectivity index (χ1n) is 7.14. The molecular formula is C17H17ClN2O4. The number of phenols is 2. The molecule has 0 aliphatic heterocycles. The predicted molar refractivity (Wildman–Crippen MR) is 90.2 cm³/mol. The molecule has 0 spiro atoms. The minimum atomic E-state index is -0.935. The van der Waals surface area contributed by atoms with Gasteiger partial charge >= 0.3 is 0 Å². The molecule has 0 saturated heterocycles. The molecule has 126 valence electrons. The van der Waals surface area contributed by atoms with Crippen molar-refractivity contribution in [3.8, 4) is 11.5 Å². The highest BCUT2D eigenvalue weighted by Crippen LogP contribution is 2.31. The highest BCUT2D eigenvalue weighted by molar-refractivity contribution is 6.32. The Morgan fingerprint density at radius 3 is 2.42 bits per heavy atom. The molecule has 0 bridgehead atoms. The average molecular weight is 349 g/mol. The van der Waals surface area contributed by atoms with Crippen LogP contribution in [0.15, 0.2) is 36.4 Å². The Morgan fingerprint density at radius 1 is 1.12 bits per heavy atom. The second-order valence-electron chi connectivity index (χ2n) is 5.20. The lowest BCUT2D eigenvalue weighted by Crippen LogP contribution is -2.39. The Labute approximate surface area is 144 Å². The number of phenolic OH excluding ortho intramolecular Hbond substituents is 2. The van der Waals surface area contributed by atoms with Crippen molar-refractivity contribution in [2.45, 2.75) is 13.0 Å². The summed E-state index contributed by atoms with van der Waals surface area (Å²) in [5.41, 5.74) is 1.33. The van der Waals surface area contributed by atoms with E-state index in [0.717, 1.165) is 17.7 Å². The van der Waals surface area contributed by atoms with E-state index in [-0.39, 0.29) is 16.3 Å². The van der Waals surface area contributed by atoms with Crippen molar-refractivity contribution < 1.29 is 19.8 Å². The summed E-state index contributed by atoms with van der Waals surface area (Å²) >= 11 is 5.78. The number of nitrogens with one attached hydrogen (secondary N) is 2. The minimum absolute atomic E-state index is 0.0784.